The molecular weight excluding hydrogens is 392 g/mol. The molecule has 2 aromatic carbocycles. The van der Waals surface area contributed by atoms with E-state index in [1.807, 2.05) is 12.1 Å². The van der Waals surface area contributed by atoms with Crippen molar-refractivity contribution in [2.24, 2.45) is 10.2 Å². The van der Waals surface area contributed by atoms with Gasteiger partial charge in [0.1, 0.15) is 5.69 Å². The highest BCUT2D eigenvalue weighted by atomic mass is 32.2. The predicted molar refractivity (Wildman–Crippen MR) is 113 cm³/mol. The SMILES string of the molecule is C/C(=N\Nc1ccc(S(N)(=O)=O)cc1[N+](=O)[O-])c1ccc(C2CCCCC2)cc1. The van der Waals surface area contributed by atoms with Gasteiger partial charge in [0, 0.05) is 6.07 Å². The summed E-state index contributed by atoms with van der Waals surface area (Å²) in [5.74, 6) is 0.619. The molecule has 0 saturated heterocycles. The molecule has 0 heterocycles. The zero-order chi connectivity index (χ0) is 21.0. The highest BCUT2D eigenvalue weighted by Gasteiger charge is 2.19. The van der Waals surface area contributed by atoms with E-state index in [0.717, 1.165) is 11.6 Å². The molecule has 1 fully saturated rings. The number of nitrogens with one attached hydrogen (secondary N) is 1. The lowest BCUT2D eigenvalue weighted by Gasteiger charge is -2.22. The summed E-state index contributed by atoms with van der Waals surface area (Å²) in [6.07, 6.45) is 6.33. The highest BCUT2D eigenvalue weighted by Crippen LogP contribution is 2.32. The quantitative estimate of drug-likeness (QED) is 0.416. The Labute approximate surface area is 170 Å². The lowest BCUT2D eigenvalue weighted by molar-refractivity contribution is -0.384. The number of nitro groups is 1. The maximum Gasteiger partial charge on any atom is 0.295 e. The third-order valence-electron chi connectivity index (χ3n) is 5.24. The molecule has 0 aliphatic heterocycles. The maximum atomic E-state index is 11.4. The number of hydrogen-bond donors (Lipinski definition) is 2. The molecule has 8 nitrogen and oxygen atoms in total. The number of hydrogen-bond acceptors (Lipinski definition) is 6. The van der Waals surface area contributed by atoms with E-state index in [-0.39, 0.29) is 10.6 Å². The molecule has 0 amide bonds. The lowest BCUT2D eigenvalue weighted by Crippen LogP contribution is -2.12. The van der Waals surface area contributed by atoms with Gasteiger partial charge in [-0.1, -0.05) is 43.5 Å². The van der Waals surface area contributed by atoms with Gasteiger partial charge >= 0.3 is 0 Å². The average molecular weight is 417 g/mol. The smallest absolute Gasteiger partial charge is 0.271 e. The molecule has 9 heteroatoms. The zero-order valence-corrected chi connectivity index (χ0v) is 17.0. The molecule has 1 saturated carbocycles. The summed E-state index contributed by atoms with van der Waals surface area (Å²) in [7, 11) is -4.03. The summed E-state index contributed by atoms with van der Waals surface area (Å²) >= 11 is 0. The second-order valence-corrected chi connectivity index (χ2v) is 8.81. The number of nitrogens with zero attached hydrogens (tertiary/aromatic N) is 2. The number of benzene rings is 2. The van der Waals surface area contributed by atoms with Crippen LogP contribution in [-0.4, -0.2) is 19.1 Å². The van der Waals surface area contributed by atoms with Gasteiger partial charge in [0.25, 0.3) is 5.69 Å². The molecule has 0 atom stereocenters. The van der Waals surface area contributed by atoms with Crippen LogP contribution in [0.15, 0.2) is 52.5 Å². The predicted octanol–water partition coefficient (Wildman–Crippen LogP) is 4.13. The van der Waals surface area contributed by atoms with Gasteiger partial charge < -0.3 is 0 Å². The molecule has 0 radical (unpaired) electrons. The van der Waals surface area contributed by atoms with Gasteiger partial charge in [-0.3, -0.25) is 15.5 Å². The molecule has 0 spiro atoms. The van der Waals surface area contributed by atoms with Crippen LogP contribution in [0.2, 0.25) is 0 Å². The van der Waals surface area contributed by atoms with Gasteiger partial charge in [-0.2, -0.15) is 5.10 Å². The maximum absolute atomic E-state index is 11.4. The van der Waals surface area contributed by atoms with Gasteiger partial charge in [-0.05, 0) is 48.9 Å². The van der Waals surface area contributed by atoms with E-state index >= 15 is 0 Å². The average Bonchev–Trinajstić information content (AvgIpc) is 2.72. The molecule has 3 N–H and O–H groups in total. The molecular formula is C20H24N4O4S. The lowest BCUT2D eigenvalue weighted by atomic mass is 9.84. The van der Waals surface area contributed by atoms with Gasteiger partial charge in [0.05, 0.1) is 15.5 Å². The summed E-state index contributed by atoms with van der Waals surface area (Å²) in [4.78, 5) is 10.3. The third kappa shape index (κ3) is 5.18. The summed E-state index contributed by atoms with van der Waals surface area (Å²) in [5, 5.41) is 20.5. The Bertz CT molecular complexity index is 1030. The van der Waals surface area contributed by atoms with E-state index in [0.29, 0.717) is 11.6 Å². The molecule has 0 aromatic heterocycles. The fourth-order valence-electron chi connectivity index (χ4n) is 3.58. The largest absolute Gasteiger partial charge is 0.295 e. The van der Waals surface area contributed by atoms with Crippen molar-refractivity contribution in [2.75, 3.05) is 5.43 Å². The normalized spacial score (nSPS) is 15.9. The summed E-state index contributed by atoms with van der Waals surface area (Å²) in [6.45, 7) is 1.80. The van der Waals surface area contributed by atoms with Gasteiger partial charge in [-0.15, -0.1) is 0 Å². The highest BCUT2D eigenvalue weighted by molar-refractivity contribution is 7.89. The number of sulfonamides is 1. The minimum absolute atomic E-state index is 0.0839. The number of primary sulfonamides is 1. The molecule has 2 aromatic rings. The van der Waals surface area contributed by atoms with Crippen molar-refractivity contribution in [2.45, 2.75) is 49.8 Å². The van der Waals surface area contributed by atoms with Crippen LogP contribution >= 0.6 is 0 Å². The van der Waals surface area contributed by atoms with Crippen molar-refractivity contribution in [3.05, 3.63) is 63.7 Å². The van der Waals surface area contributed by atoms with Gasteiger partial charge in [-0.25, -0.2) is 13.6 Å². The van der Waals surface area contributed by atoms with Crippen LogP contribution in [0.1, 0.15) is 56.1 Å². The zero-order valence-electron chi connectivity index (χ0n) is 16.2. The molecule has 0 unspecified atom stereocenters. The van der Waals surface area contributed by atoms with Crippen molar-refractivity contribution >= 4 is 27.1 Å². The van der Waals surface area contributed by atoms with E-state index < -0.39 is 20.6 Å². The fraction of sp³-hybridized carbons (Fsp3) is 0.350. The van der Waals surface area contributed by atoms with E-state index in [1.54, 1.807) is 6.92 Å². The Kier molecular flexibility index (Phi) is 6.29. The standard InChI is InChI=1S/C20H24N4O4S/c1-14(15-7-9-17(10-8-15)16-5-3-2-4-6-16)22-23-19-12-11-18(29(21,27)28)13-20(19)24(25)26/h7-13,16,23H,2-6H2,1H3,(H2,21,27,28)/b22-14+. The van der Waals surface area contributed by atoms with Crippen LogP contribution in [0.5, 0.6) is 0 Å². The Morgan fingerprint density at radius 3 is 2.38 bits per heavy atom. The third-order valence-corrected chi connectivity index (χ3v) is 6.15. The Hall–Kier alpha value is -2.78. The Morgan fingerprint density at radius 1 is 1.14 bits per heavy atom. The van der Waals surface area contributed by atoms with Crippen molar-refractivity contribution in [3.8, 4) is 0 Å². The van der Waals surface area contributed by atoms with Crippen molar-refractivity contribution in [1.82, 2.24) is 0 Å². The summed E-state index contributed by atoms with van der Waals surface area (Å²) in [6, 6.07) is 11.6. The first-order valence-corrected chi connectivity index (χ1v) is 11.0. The van der Waals surface area contributed by atoms with Crippen LogP contribution in [0.25, 0.3) is 0 Å². The molecule has 29 heavy (non-hydrogen) atoms. The molecule has 3 rings (SSSR count). The van der Waals surface area contributed by atoms with Crippen LogP contribution in [-0.2, 0) is 10.0 Å². The topological polar surface area (TPSA) is 128 Å². The van der Waals surface area contributed by atoms with E-state index in [2.05, 4.69) is 22.7 Å². The van der Waals surface area contributed by atoms with Crippen molar-refractivity contribution < 1.29 is 13.3 Å². The Morgan fingerprint density at radius 2 is 1.79 bits per heavy atom. The molecule has 0 bridgehead atoms. The number of rotatable bonds is 6. The first kappa shape index (κ1) is 20.9. The Balaban J connectivity index is 1.77. The van der Waals surface area contributed by atoms with E-state index in [4.69, 9.17) is 5.14 Å². The fourth-order valence-corrected chi connectivity index (χ4v) is 4.11. The van der Waals surface area contributed by atoms with Crippen LogP contribution in [0.4, 0.5) is 11.4 Å². The van der Waals surface area contributed by atoms with Crippen LogP contribution in [0.3, 0.4) is 0 Å². The van der Waals surface area contributed by atoms with E-state index in [9.17, 15) is 18.5 Å². The number of hydrazone groups is 1. The molecule has 154 valence electrons. The second kappa shape index (κ2) is 8.71. The molecule has 1 aliphatic rings. The van der Waals surface area contributed by atoms with Gasteiger partial charge in [0.2, 0.25) is 10.0 Å². The molecule has 1 aliphatic carbocycles. The first-order chi connectivity index (χ1) is 13.8. The second-order valence-electron chi connectivity index (χ2n) is 7.25. The van der Waals surface area contributed by atoms with Crippen molar-refractivity contribution in [1.29, 1.82) is 0 Å². The number of nitrogens with two attached hydrogens (primary N) is 1. The number of nitro benzene ring substituents is 1. The van der Waals surface area contributed by atoms with Crippen LogP contribution < -0.4 is 10.6 Å². The number of anilines is 1. The summed E-state index contributed by atoms with van der Waals surface area (Å²) in [5.41, 5.74) is 5.23. The summed E-state index contributed by atoms with van der Waals surface area (Å²) < 4.78 is 22.8. The minimum atomic E-state index is -4.03. The van der Waals surface area contributed by atoms with E-state index in [1.165, 1.54) is 49.8 Å². The minimum Gasteiger partial charge on any atom is -0.271 e. The monoisotopic (exact) mass is 416 g/mol. The van der Waals surface area contributed by atoms with Gasteiger partial charge in [0.15, 0.2) is 0 Å². The van der Waals surface area contributed by atoms with Crippen molar-refractivity contribution in [3.63, 3.8) is 0 Å². The van der Waals surface area contributed by atoms with Crippen LogP contribution in [0, 0.1) is 10.1 Å². The first-order valence-electron chi connectivity index (χ1n) is 9.47.